The van der Waals surface area contributed by atoms with Crippen molar-refractivity contribution in [1.29, 1.82) is 0 Å². The summed E-state index contributed by atoms with van der Waals surface area (Å²) in [6.45, 7) is 2.73. The number of aryl methyl sites for hydroxylation is 1. The third-order valence-corrected chi connectivity index (χ3v) is 5.46. The summed E-state index contributed by atoms with van der Waals surface area (Å²) in [5.41, 5.74) is 6.50. The van der Waals surface area contributed by atoms with E-state index in [1.165, 1.54) is 4.31 Å². The summed E-state index contributed by atoms with van der Waals surface area (Å²) < 4.78 is 27.1. The molecule has 1 fully saturated rings. The number of nitrogens with zero attached hydrogens (tertiary/aromatic N) is 1. The zero-order valence-corrected chi connectivity index (χ0v) is 13.2. The first-order valence-electron chi connectivity index (χ1n) is 5.43. The maximum Gasteiger partial charge on any atom is 0.243 e. The molecule has 0 unspecified atom stereocenters. The van der Waals surface area contributed by atoms with Gasteiger partial charge in [0.25, 0.3) is 0 Å². The summed E-state index contributed by atoms with van der Waals surface area (Å²) in [6, 6.07) is 5.15. The number of nitrogens with two attached hydrogens (primary N) is 1. The minimum Gasteiger partial charge on any atom is -0.326 e. The molecule has 0 bridgehead atoms. The van der Waals surface area contributed by atoms with E-state index in [1.807, 2.05) is 6.07 Å². The lowest BCUT2D eigenvalue weighted by Gasteiger charge is -2.17. The fraction of sp³-hybridized carbons (Fsp3) is 0.455. The van der Waals surface area contributed by atoms with E-state index in [0.29, 0.717) is 18.0 Å². The third kappa shape index (κ3) is 3.05. The second-order valence-corrected chi connectivity index (χ2v) is 7.14. The highest BCUT2D eigenvalue weighted by Gasteiger charge is 2.31. The lowest BCUT2D eigenvalue weighted by Crippen LogP contribution is -2.32. The molecule has 0 aliphatic carbocycles. The summed E-state index contributed by atoms with van der Waals surface area (Å²) in [5.74, 6) is 0. The summed E-state index contributed by atoms with van der Waals surface area (Å²) in [4.78, 5) is 0.370. The van der Waals surface area contributed by atoms with Crippen molar-refractivity contribution in [1.82, 2.24) is 4.31 Å². The normalized spacial score (nSPS) is 20.7. The largest absolute Gasteiger partial charge is 0.326 e. The number of hydrogen-bond donors (Lipinski definition) is 1. The number of benzene rings is 1. The Labute approximate surface area is 122 Å². The van der Waals surface area contributed by atoms with Gasteiger partial charge in [-0.25, -0.2) is 8.42 Å². The molecule has 1 atom stereocenters. The Morgan fingerprint density at radius 2 is 2.11 bits per heavy atom. The predicted molar refractivity (Wildman–Crippen MR) is 77.5 cm³/mol. The SMILES string of the molecule is Cc1cc(Br)ccc1S(=O)(=O)N1CC[C@@H](N)C1.Cl. The zero-order valence-electron chi connectivity index (χ0n) is 9.97. The highest BCUT2D eigenvalue weighted by atomic mass is 79.9. The van der Waals surface area contributed by atoms with E-state index in [2.05, 4.69) is 15.9 Å². The molecule has 1 heterocycles. The first-order chi connectivity index (χ1) is 7.91. The Bertz CT molecular complexity index is 536. The summed E-state index contributed by atoms with van der Waals surface area (Å²) in [5, 5.41) is 0. The molecule has 1 aromatic rings. The molecule has 1 aromatic carbocycles. The number of hydrogen-bond acceptors (Lipinski definition) is 3. The fourth-order valence-electron chi connectivity index (χ4n) is 2.01. The number of rotatable bonds is 2. The van der Waals surface area contributed by atoms with Crippen molar-refractivity contribution in [2.24, 2.45) is 5.73 Å². The van der Waals surface area contributed by atoms with E-state index in [-0.39, 0.29) is 18.4 Å². The molecule has 2 rings (SSSR count). The van der Waals surface area contributed by atoms with Gasteiger partial charge in [0.15, 0.2) is 0 Å². The fourth-order valence-corrected chi connectivity index (χ4v) is 4.21. The van der Waals surface area contributed by atoms with Crippen molar-refractivity contribution in [3.8, 4) is 0 Å². The Hall–Kier alpha value is -0.140. The molecule has 0 aromatic heterocycles. The summed E-state index contributed by atoms with van der Waals surface area (Å²) >= 11 is 3.33. The summed E-state index contributed by atoms with van der Waals surface area (Å²) in [6.07, 6.45) is 0.731. The lowest BCUT2D eigenvalue weighted by atomic mass is 10.2. The van der Waals surface area contributed by atoms with Crippen LogP contribution in [0, 0.1) is 6.92 Å². The van der Waals surface area contributed by atoms with E-state index in [0.717, 1.165) is 16.5 Å². The monoisotopic (exact) mass is 354 g/mol. The molecule has 1 aliphatic heterocycles. The standard InChI is InChI=1S/C11H15BrN2O2S.ClH/c1-8-6-9(12)2-3-11(8)17(15,16)14-5-4-10(13)7-14;/h2-3,6,10H,4-5,7,13H2,1H3;1H/t10-;/m1./s1. The minimum absolute atomic E-state index is 0. The highest BCUT2D eigenvalue weighted by molar-refractivity contribution is 9.10. The molecule has 1 saturated heterocycles. The van der Waals surface area contributed by atoms with Gasteiger partial charge in [-0.2, -0.15) is 4.31 Å². The molecule has 102 valence electrons. The third-order valence-electron chi connectivity index (χ3n) is 2.94. The van der Waals surface area contributed by atoms with Gasteiger partial charge in [-0.05, 0) is 37.1 Å². The molecule has 0 saturated carbocycles. The van der Waals surface area contributed by atoms with Gasteiger partial charge in [0.05, 0.1) is 4.90 Å². The number of halogens is 2. The Morgan fingerprint density at radius 3 is 2.61 bits per heavy atom. The van der Waals surface area contributed by atoms with Crippen LogP contribution in [0.15, 0.2) is 27.6 Å². The molecular formula is C11H16BrClN2O2S. The van der Waals surface area contributed by atoms with Crippen molar-refractivity contribution in [2.45, 2.75) is 24.3 Å². The Kier molecular flexibility index (Phi) is 5.20. The Morgan fingerprint density at radius 1 is 1.44 bits per heavy atom. The van der Waals surface area contributed by atoms with Crippen LogP contribution < -0.4 is 5.73 Å². The molecule has 7 heteroatoms. The van der Waals surface area contributed by atoms with Crippen LogP contribution in [-0.2, 0) is 10.0 Å². The highest BCUT2D eigenvalue weighted by Crippen LogP contribution is 2.25. The zero-order chi connectivity index (χ0) is 12.6. The van der Waals surface area contributed by atoms with E-state index in [1.54, 1.807) is 19.1 Å². The van der Waals surface area contributed by atoms with E-state index >= 15 is 0 Å². The van der Waals surface area contributed by atoms with E-state index in [9.17, 15) is 8.42 Å². The van der Waals surface area contributed by atoms with Crippen LogP contribution in [-0.4, -0.2) is 31.9 Å². The minimum atomic E-state index is -3.39. The average Bonchev–Trinajstić information content (AvgIpc) is 2.64. The predicted octanol–water partition coefficient (Wildman–Crippen LogP) is 1.90. The first-order valence-corrected chi connectivity index (χ1v) is 7.66. The Balaban J connectivity index is 0.00000162. The molecule has 0 radical (unpaired) electrons. The topological polar surface area (TPSA) is 63.4 Å². The van der Waals surface area contributed by atoms with Crippen LogP contribution in [0.2, 0.25) is 0 Å². The van der Waals surface area contributed by atoms with Gasteiger partial charge >= 0.3 is 0 Å². The van der Waals surface area contributed by atoms with Crippen LogP contribution in [0.3, 0.4) is 0 Å². The first kappa shape index (κ1) is 15.9. The quantitative estimate of drug-likeness (QED) is 0.881. The maximum atomic E-state index is 12.4. The smallest absolute Gasteiger partial charge is 0.243 e. The van der Waals surface area contributed by atoms with Gasteiger partial charge in [-0.15, -0.1) is 12.4 Å². The van der Waals surface area contributed by atoms with Gasteiger partial charge in [0.1, 0.15) is 0 Å². The second-order valence-electron chi connectivity index (χ2n) is 4.32. The van der Waals surface area contributed by atoms with E-state index < -0.39 is 10.0 Å². The molecule has 1 aliphatic rings. The molecule has 18 heavy (non-hydrogen) atoms. The van der Waals surface area contributed by atoms with Crippen LogP contribution in [0.5, 0.6) is 0 Å². The van der Waals surface area contributed by atoms with Crippen LogP contribution >= 0.6 is 28.3 Å². The van der Waals surface area contributed by atoms with Crippen LogP contribution in [0.1, 0.15) is 12.0 Å². The van der Waals surface area contributed by atoms with Crippen molar-refractivity contribution in [3.63, 3.8) is 0 Å². The van der Waals surface area contributed by atoms with Gasteiger partial charge in [-0.3, -0.25) is 0 Å². The molecule has 0 spiro atoms. The lowest BCUT2D eigenvalue weighted by molar-refractivity contribution is 0.472. The van der Waals surface area contributed by atoms with Gasteiger partial charge in [0.2, 0.25) is 10.0 Å². The summed E-state index contributed by atoms with van der Waals surface area (Å²) in [7, 11) is -3.39. The van der Waals surface area contributed by atoms with Crippen molar-refractivity contribution in [3.05, 3.63) is 28.2 Å². The maximum absolute atomic E-state index is 12.4. The molecule has 2 N–H and O–H groups in total. The average molecular weight is 356 g/mol. The van der Waals surface area contributed by atoms with Gasteiger partial charge in [-0.1, -0.05) is 15.9 Å². The van der Waals surface area contributed by atoms with Crippen LogP contribution in [0.4, 0.5) is 0 Å². The van der Waals surface area contributed by atoms with Crippen LogP contribution in [0.25, 0.3) is 0 Å². The van der Waals surface area contributed by atoms with Crippen molar-refractivity contribution < 1.29 is 8.42 Å². The molecular weight excluding hydrogens is 340 g/mol. The second kappa shape index (κ2) is 5.88. The van der Waals surface area contributed by atoms with Gasteiger partial charge < -0.3 is 5.73 Å². The van der Waals surface area contributed by atoms with E-state index in [4.69, 9.17) is 5.73 Å². The molecule has 0 amide bonds. The van der Waals surface area contributed by atoms with Crippen molar-refractivity contribution >= 4 is 38.4 Å². The van der Waals surface area contributed by atoms with Crippen molar-refractivity contribution in [2.75, 3.05) is 13.1 Å². The molecule has 4 nitrogen and oxygen atoms in total. The number of sulfonamides is 1. The van der Waals surface area contributed by atoms with Gasteiger partial charge in [0, 0.05) is 23.6 Å².